The van der Waals surface area contributed by atoms with E-state index in [1.165, 1.54) is 0 Å². The fourth-order valence-electron chi connectivity index (χ4n) is 2.65. The Morgan fingerprint density at radius 1 is 1.33 bits per heavy atom. The van der Waals surface area contributed by atoms with E-state index in [1.807, 2.05) is 25.6 Å². The van der Waals surface area contributed by atoms with Crippen LogP contribution in [0, 0.1) is 0 Å². The molecule has 0 spiro atoms. The molecular formula is C15H23N3O2S. The number of aryl methyl sites for hydroxylation is 2. The number of hydrogen-bond acceptors (Lipinski definition) is 5. The largest absolute Gasteiger partial charge is 0.481 e. The van der Waals surface area contributed by atoms with Crippen molar-refractivity contribution in [2.45, 2.75) is 39.2 Å². The number of hydrogen-bond donors (Lipinski definition) is 1. The molecule has 0 saturated carbocycles. The second kappa shape index (κ2) is 7.22. The highest BCUT2D eigenvalue weighted by molar-refractivity contribution is 7.99. The van der Waals surface area contributed by atoms with Crippen LogP contribution in [0.1, 0.15) is 42.7 Å². The maximum absolute atomic E-state index is 11.1. The van der Waals surface area contributed by atoms with Crippen molar-refractivity contribution in [3.05, 3.63) is 22.8 Å². The molecule has 0 amide bonds. The quantitative estimate of drug-likeness (QED) is 0.897. The molecule has 1 aromatic rings. The Morgan fingerprint density at radius 3 is 2.43 bits per heavy atom. The van der Waals surface area contributed by atoms with Gasteiger partial charge >= 0.3 is 5.97 Å². The van der Waals surface area contributed by atoms with Crippen LogP contribution in [-0.4, -0.2) is 51.0 Å². The third-order valence-corrected chi connectivity index (χ3v) is 4.91. The lowest BCUT2D eigenvalue weighted by Gasteiger charge is -2.31. The van der Waals surface area contributed by atoms with Gasteiger partial charge < -0.3 is 5.11 Å². The van der Waals surface area contributed by atoms with Gasteiger partial charge in [0, 0.05) is 35.0 Å². The molecule has 5 nitrogen and oxygen atoms in total. The number of rotatable bonds is 5. The molecule has 1 fully saturated rings. The Morgan fingerprint density at radius 2 is 1.95 bits per heavy atom. The molecule has 1 aromatic heterocycles. The highest BCUT2D eigenvalue weighted by Crippen LogP contribution is 2.27. The summed E-state index contributed by atoms with van der Waals surface area (Å²) in [5.41, 5.74) is 2.59. The number of carboxylic acids is 1. The maximum atomic E-state index is 11.1. The van der Waals surface area contributed by atoms with Crippen LogP contribution in [0.25, 0.3) is 0 Å². The molecule has 1 aliphatic heterocycles. The summed E-state index contributed by atoms with van der Waals surface area (Å²) in [6.45, 7) is 5.09. The Hall–Kier alpha value is -1.14. The molecule has 2 heterocycles. The third kappa shape index (κ3) is 3.74. The van der Waals surface area contributed by atoms with E-state index in [9.17, 15) is 4.79 Å². The third-order valence-electron chi connectivity index (χ3n) is 3.89. The first kappa shape index (κ1) is 16.2. The molecule has 0 radical (unpaired) electrons. The number of aliphatic carboxylic acids is 1. The van der Waals surface area contributed by atoms with Crippen LogP contribution in [-0.2, 0) is 24.1 Å². The first-order valence-electron chi connectivity index (χ1n) is 7.45. The predicted molar refractivity (Wildman–Crippen MR) is 84.8 cm³/mol. The number of nitrogens with zero attached hydrogens (tertiary/aromatic N) is 3. The molecule has 0 aliphatic carbocycles. The summed E-state index contributed by atoms with van der Waals surface area (Å²) in [5, 5.41) is 9.10. The van der Waals surface area contributed by atoms with Crippen molar-refractivity contribution in [1.29, 1.82) is 0 Å². The van der Waals surface area contributed by atoms with Gasteiger partial charge in [-0.15, -0.1) is 0 Å². The van der Waals surface area contributed by atoms with Crippen molar-refractivity contribution in [3.63, 3.8) is 0 Å². The zero-order chi connectivity index (χ0) is 15.4. The summed E-state index contributed by atoms with van der Waals surface area (Å²) >= 11 is 1.93. The summed E-state index contributed by atoms with van der Waals surface area (Å²) in [7, 11) is 2.11. The van der Waals surface area contributed by atoms with Gasteiger partial charge in [-0.3, -0.25) is 9.69 Å². The van der Waals surface area contributed by atoms with E-state index in [2.05, 4.69) is 11.9 Å². The van der Waals surface area contributed by atoms with E-state index in [0.29, 0.717) is 0 Å². The predicted octanol–water partition coefficient (Wildman–Crippen LogP) is 1.95. The zero-order valence-corrected chi connectivity index (χ0v) is 13.7. The van der Waals surface area contributed by atoms with Gasteiger partial charge in [-0.2, -0.15) is 11.8 Å². The lowest BCUT2D eigenvalue weighted by molar-refractivity contribution is -0.136. The van der Waals surface area contributed by atoms with E-state index in [1.54, 1.807) is 0 Å². The van der Waals surface area contributed by atoms with Gasteiger partial charge in [0.05, 0.1) is 12.5 Å². The number of carbonyl (C=O) groups is 1. The first-order valence-corrected chi connectivity index (χ1v) is 8.60. The number of aromatic nitrogens is 2. The van der Waals surface area contributed by atoms with Gasteiger partial charge in [-0.25, -0.2) is 9.97 Å². The Kier molecular flexibility index (Phi) is 5.58. The SMILES string of the molecule is CCc1nc(C2CSCCN2C)nc(CC)c1CC(=O)O. The normalized spacial score (nSPS) is 19.7. The summed E-state index contributed by atoms with van der Waals surface area (Å²) in [6.07, 6.45) is 1.51. The second-order valence-corrected chi connectivity index (χ2v) is 6.45. The lowest BCUT2D eigenvalue weighted by Crippen LogP contribution is -2.34. The fourth-order valence-corrected chi connectivity index (χ4v) is 3.86. The van der Waals surface area contributed by atoms with Crippen molar-refractivity contribution in [2.75, 3.05) is 25.1 Å². The van der Waals surface area contributed by atoms with Gasteiger partial charge in [0.25, 0.3) is 0 Å². The topological polar surface area (TPSA) is 66.3 Å². The summed E-state index contributed by atoms with van der Waals surface area (Å²) in [5.74, 6) is 2.18. The van der Waals surface area contributed by atoms with Crippen LogP contribution in [0.15, 0.2) is 0 Å². The van der Waals surface area contributed by atoms with Crippen LogP contribution in [0.4, 0.5) is 0 Å². The van der Waals surface area contributed by atoms with Crippen molar-refractivity contribution in [3.8, 4) is 0 Å². The molecule has 1 unspecified atom stereocenters. The maximum Gasteiger partial charge on any atom is 0.307 e. The standard InChI is InChI=1S/C15H23N3O2S/c1-4-11-10(8-14(19)20)12(5-2)17-15(16-11)13-9-21-7-6-18(13)3/h13H,4-9H2,1-3H3,(H,19,20). The van der Waals surface area contributed by atoms with Gasteiger partial charge in [0.1, 0.15) is 5.82 Å². The number of thioether (sulfide) groups is 1. The molecule has 6 heteroatoms. The highest BCUT2D eigenvalue weighted by atomic mass is 32.2. The summed E-state index contributed by atoms with van der Waals surface area (Å²) in [6, 6.07) is 0.234. The molecule has 0 bridgehead atoms. The van der Waals surface area contributed by atoms with Crippen LogP contribution >= 0.6 is 11.8 Å². The highest BCUT2D eigenvalue weighted by Gasteiger charge is 2.25. The molecule has 2 rings (SSSR count). The molecule has 116 valence electrons. The van der Waals surface area contributed by atoms with E-state index in [0.717, 1.165) is 53.7 Å². The van der Waals surface area contributed by atoms with E-state index < -0.39 is 5.97 Å². The average molecular weight is 309 g/mol. The monoisotopic (exact) mass is 309 g/mol. The molecule has 1 N–H and O–H groups in total. The molecular weight excluding hydrogens is 286 g/mol. The van der Waals surface area contributed by atoms with Gasteiger partial charge in [0.15, 0.2) is 0 Å². The van der Waals surface area contributed by atoms with Crippen LogP contribution in [0.3, 0.4) is 0 Å². The van der Waals surface area contributed by atoms with Crippen LogP contribution in [0.2, 0.25) is 0 Å². The lowest BCUT2D eigenvalue weighted by atomic mass is 10.0. The van der Waals surface area contributed by atoms with Gasteiger partial charge in [-0.1, -0.05) is 13.8 Å². The molecule has 21 heavy (non-hydrogen) atoms. The number of carboxylic acid groups (broad SMARTS) is 1. The average Bonchev–Trinajstić information content (AvgIpc) is 2.47. The Labute approximate surface area is 130 Å². The minimum Gasteiger partial charge on any atom is -0.481 e. The van der Waals surface area contributed by atoms with E-state index in [-0.39, 0.29) is 12.5 Å². The Bertz CT molecular complexity index is 497. The van der Waals surface area contributed by atoms with Crippen LogP contribution in [0.5, 0.6) is 0 Å². The molecule has 0 aromatic carbocycles. The molecule has 1 aliphatic rings. The second-order valence-electron chi connectivity index (χ2n) is 5.30. The van der Waals surface area contributed by atoms with Crippen LogP contribution < -0.4 is 0 Å². The summed E-state index contributed by atoms with van der Waals surface area (Å²) in [4.78, 5) is 22.8. The van der Waals surface area contributed by atoms with E-state index in [4.69, 9.17) is 15.1 Å². The molecule has 1 saturated heterocycles. The smallest absolute Gasteiger partial charge is 0.307 e. The van der Waals surface area contributed by atoms with Crippen molar-refractivity contribution >= 4 is 17.7 Å². The van der Waals surface area contributed by atoms with Gasteiger partial charge in [0.2, 0.25) is 0 Å². The summed E-state index contributed by atoms with van der Waals surface area (Å²) < 4.78 is 0. The Balaban J connectivity index is 2.41. The minimum absolute atomic E-state index is 0.0158. The minimum atomic E-state index is -0.818. The fraction of sp³-hybridized carbons (Fsp3) is 0.667. The van der Waals surface area contributed by atoms with Gasteiger partial charge in [-0.05, 0) is 19.9 Å². The van der Waals surface area contributed by atoms with Crippen molar-refractivity contribution in [1.82, 2.24) is 14.9 Å². The first-order chi connectivity index (χ1) is 10.1. The van der Waals surface area contributed by atoms with Crippen molar-refractivity contribution in [2.24, 2.45) is 0 Å². The van der Waals surface area contributed by atoms with Crippen molar-refractivity contribution < 1.29 is 9.90 Å². The molecule has 1 atom stereocenters. The van der Waals surface area contributed by atoms with E-state index >= 15 is 0 Å². The zero-order valence-electron chi connectivity index (χ0n) is 12.9.